The van der Waals surface area contributed by atoms with E-state index in [2.05, 4.69) is 29.4 Å². The third-order valence-corrected chi connectivity index (χ3v) is 3.24. The maximum Gasteiger partial charge on any atom is 0.193 e. The monoisotopic (exact) mass is 297 g/mol. The summed E-state index contributed by atoms with van der Waals surface area (Å²) in [6.07, 6.45) is 0.997. The number of nitrogens with one attached hydrogen (secondary N) is 1. The first kappa shape index (κ1) is 15.9. The number of ether oxygens (including phenoxy) is 1. The zero-order valence-corrected chi connectivity index (χ0v) is 13.2. The van der Waals surface area contributed by atoms with Crippen LogP contribution in [0.1, 0.15) is 18.1 Å². The van der Waals surface area contributed by atoms with Gasteiger partial charge in [-0.15, -0.1) is 0 Å². The number of hydrogen-bond donors (Lipinski definition) is 2. The number of benzene rings is 2. The Labute approximate surface area is 132 Å². The van der Waals surface area contributed by atoms with E-state index >= 15 is 0 Å². The molecule has 22 heavy (non-hydrogen) atoms. The molecule has 0 unspecified atom stereocenters. The Bertz CT molecular complexity index is 638. The molecule has 4 nitrogen and oxygen atoms in total. The smallest absolute Gasteiger partial charge is 0.193 e. The van der Waals surface area contributed by atoms with E-state index in [0.717, 1.165) is 17.9 Å². The van der Waals surface area contributed by atoms with Gasteiger partial charge in [0.15, 0.2) is 5.96 Å². The number of aryl methyl sites for hydroxylation is 2. The van der Waals surface area contributed by atoms with Gasteiger partial charge in [-0.05, 0) is 48.7 Å². The van der Waals surface area contributed by atoms with Gasteiger partial charge in [-0.1, -0.05) is 31.2 Å². The van der Waals surface area contributed by atoms with Crippen molar-refractivity contribution < 1.29 is 4.74 Å². The van der Waals surface area contributed by atoms with Crippen molar-refractivity contribution >= 4 is 11.6 Å². The summed E-state index contributed by atoms with van der Waals surface area (Å²) in [6, 6.07) is 16.1. The molecule has 3 N–H and O–H groups in total. The van der Waals surface area contributed by atoms with Gasteiger partial charge in [0.25, 0.3) is 0 Å². The second-order valence-electron chi connectivity index (χ2n) is 5.11. The topological polar surface area (TPSA) is 59.6 Å². The van der Waals surface area contributed by atoms with Crippen LogP contribution in [0.4, 0.5) is 5.69 Å². The largest absolute Gasteiger partial charge is 0.492 e. The van der Waals surface area contributed by atoms with Gasteiger partial charge in [0.05, 0.1) is 6.54 Å². The number of guanidine groups is 1. The fourth-order valence-corrected chi connectivity index (χ4v) is 2.09. The molecule has 0 saturated carbocycles. The van der Waals surface area contributed by atoms with Gasteiger partial charge in [-0.2, -0.15) is 0 Å². The summed E-state index contributed by atoms with van der Waals surface area (Å²) in [7, 11) is 0. The van der Waals surface area contributed by atoms with E-state index in [-0.39, 0.29) is 0 Å². The lowest BCUT2D eigenvalue weighted by Crippen LogP contribution is -2.23. The highest BCUT2D eigenvalue weighted by atomic mass is 16.5. The average molecular weight is 297 g/mol. The summed E-state index contributed by atoms with van der Waals surface area (Å²) < 4.78 is 5.63. The molecule has 0 saturated heterocycles. The van der Waals surface area contributed by atoms with Gasteiger partial charge in [0, 0.05) is 5.69 Å². The first-order valence-electron chi connectivity index (χ1n) is 7.52. The van der Waals surface area contributed by atoms with E-state index in [9.17, 15) is 0 Å². The van der Waals surface area contributed by atoms with Crippen LogP contribution in [0.3, 0.4) is 0 Å². The van der Waals surface area contributed by atoms with E-state index in [4.69, 9.17) is 10.5 Å². The number of anilines is 1. The van der Waals surface area contributed by atoms with Gasteiger partial charge in [-0.25, -0.2) is 4.99 Å². The van der Waals surface area contributed by atoms with Crippen molar-refractivity contribution in [3.05, 3.63) is 59.7 Å². The zero-order valence-electron chi connectivity index (χ0n) is 13.2. The molecule has 0 spiro atoms. The van der Waals surface area contributed by atoms with Crippen molar-refractivity contribution in [3.63, 3.8) is 0 Å². The third-order valence-electron chi connectivity index (χ3n) is 3.24. The second-order valence-corrected chi connectivity index (χ2v) is 5.11. The number of nitrogens with zero attached hydrogens (tertiary/aromatic N) is 1. The summed E-state index contributed by atoms with van der Waals surface area (Å²) in [5.41, 5.74) is 9.29. The minimum atomic E-state index is 0.404. The number of rotatable bonds is 6. The molecule has 0 radical (unpaired) electrons. The molecule has 4 heteroatoms. The summed E-state index contributed by atoms with van der Waals surface area (Å²) in [5.74, 6) is 1.26. The first-order valence-corrected chi connectivity index (χ1v) is 7.52. The Morgan fingerprint density at radius 2 is 2.00 bits per heavy atom. The van der Waals surface area contributed by atoms with E-state index in [1.165, 1.54) is 11.1 Å². The summed E-state index contributed by atoms with van der Waals surface area (Å²) in [6.45, 7) is 5.18. The predicted molar refractivity (Wildman–Crippen MR) is 92.6 cm³/mol. The molecule has 0 aliphatic carbocycles. The molecule has 0 aliphatic heterocycles. The van der Waals surface area contributed by atoms with Crippen LogP contribution < -0.4 is 15.8 Å². The summed E-state index contributed by atoms with van der Waals surface area (Å²) >= 11 is 0. The van der Waals surface area contributed by atoms with Crippen LogP contribution >= 0.6 is 0 Å². The highest BCUT2D eigenvalue weighted by Crippen LogP contribution is 2.12. The van der Waals surface area contributed by atoms with E-state index in [0.29, 0.717) is 19.1 Å². The predicted octanol–water partition coefficient (Wildman–Crippen LogP) is 3.36. The quantitative estimate of drug-likeness (QED) is 0.488. The molecule has 0 bridgehead atoms. The molecule has 0 aromatic heterocycles. The third kappa shape index (κ3) is 5.13. The SMILES string of the molecule is CCc1cccc(NC(N)=NCCOc2cccc(C)c2)c1. The van der Waals surface area contributed by atoms with Gasteiger partial charge >= 0.3 is 0 Å². The number of aliphatic imine (C=N–C) groups is 1. The summed E-state index contributed by atoms with van der Waals surface area (Å²) in [5, 5.41) is 3.10. The molecule has 0 atom stereocenters. The molecule has 0 fully saturated rings. The second kappa shape index (κ2) is 8.08. The molecular formula is C18H23N3O. The van der Waals surface area contributed by atoms with E-state index in [1.54, 1.807) is 0 Å². The van der Waals surface area contributed by atoms with Crippen molar-refractivity contribution in [1.82, 2.24) is 0 Å². The Morgan fingerprint density at radius 1 is 1.18 bits per heavy atom. The van der Waals surface area contributed by atoms with Crippen LogP contribution in [0.25, 0.3) is 0 Å². The van der Waals surface area contributed by atoms with Crippen LogP contribution in [-0.2, 0) is 6.42 Å². The average Bonchev–Trinajstić information content (AvgIpc) is 2.52. The maximum atomic E-state index is 5.88. The molecule has 0 aliphatic rings. The molecule has 2 aromatic carbocycles. The normalized spacial score (nSPS) is 11.3. The van der Waals surface area contributed by atoms with Gasteiger partial charge in [0.2, 0.25) is 0 Å². The Kier molecular flexibility index (Phi) is 5.83. The van der Waals surface area contributed by atoms with Crippen LogP contribution in [0, 0.1) is 6.92 Å². The lowest BCUT2D eigenvalue weighted by molar-refractivity contribution is 0.328. The first-order chi connectivity index (χ1) is 10.7. The molecular weight excluding hydrogens is 274 g/mol. The standard InChI is InChI=1S/C18H23N3O/c1-3-15-7-5-8-16(13-15)21-18(19)20-10-11-22-17-9-4-6-14(2)12-17/h4-9,12-13H,3,10-11H2,1-2H3,(H3,19,20,21). The van der Waals surface area contributed by atoms with Crippen LogP contribution in [0.2, 0.25) is 0 Å². The van der Waals surface area contributed by atoms with Gasteiger partial charge in [0.1, 0.15) is 12.4 Å². The molecule has 2 rings (SSSR count). The Hall–Kier alpha value is -2.49. The lowest BCUT2D eigenvalue weighted by atomic mass is 10.1. The van der Waals surface area contributed by atoms with Gasteiger partial charge < -0.3 is 15.8 Å². The van der Waals surface area contributed by atoms with Crippen molar-refractivity contribution in [3.8, 4) is 5.75 Å². The molecule has 0 heterocycles. The van der Waals surface area contributed by atoms with Crippen molar-refractivity contribution in [2.45, 2.75) is 20.3 Å². The Morgan fingerprint density at radius 3 is 2.77 bits per heavy atom. The molecule has 116 valence electrons. The Balaban J connectivity index is 1.80. The number of nitrogens with two attached hydrogens (primary N) is 1. The minimum absolute atomic E-state index is 0.404. The van der Waals surface area contributed by atoms with Gasteiger partial charge in [-0.3, -0.25) is 0 Å². The van der Waals surface area contributed by atoms with Crippen LogP contribution in [-0.4, -0.2) is 19.1 Å². The minimum Gasteiger partial charge on any atom is -0.492 e. The molecule has 0 amide bonds. The lowest BCUT2D eigenvalue weighted by Gasteiger charge is -2.08. The van der Waals surface area contributed by atoms with Crippen LogP contribution in [0.5, 0.6) is 5.75 Å². The number of hydrogen-bond acceptors (Lipinski definition) is 2. The van der Waals surface area contributed by atoms with Crippen LogP contribution in [0.15, 0.2) is 53.5 Å². The molecule has 2 aromatic rings. The van der Waals surface area contributed by atoms with Crippen molar-refractivity contribution in [2.75, 3.05) is 18.5 Å². The van der Waals surface area contributed by atoms with E-state index in [1.807, 2.05) is 43.3 Å². The zero-order chi connectivity index (χ0) is 15.8. The van der Waals surface area contributed by atoms with Crippen molar-refractivity contribution in [2.24, 2.45) is 10.7 Å². The highest BCUT2D eigenvalue weighted by Gasteiger charge is 1.97. The summed E-state index contributed by atoms with van der Waals surface area (Å²) in [4.78, 5) is 4.27. The van der Waals surface area contributed by atoms with Crippen molar-refractivity contribution in [1.29, 1.82) is 0 Å². The fraction of sp³-hybridized carbons (Fsp3) is 0.278. The fourth-order valence-electron chi connectivity index (χ4n) is 2.09. The van der Waals surface area contributed by atoms with E-state index < -0.39 is 0 Å². The maximum absolute atomic E-state index is 5.88. The highest BCUT2D eigenvalue weighted by molar-refractivity contribution is 5.92.